The third-order valence-corrected chi connectivity index (χ3v) is 4.29. The van der Waals surface area contributed by atoms with Crippen molar-refractivity contribution in [1.29, 1.82) is 5.26 Å². The van der Waals surface area contributed by atoms with Crippen molar-refractivity contribution in [1.82, 2.24) is 4.98 Å². The number of aromatic nitrogens is 1. The lowest BCUT2D eigenvalue weighted by Crippen LogP contribution is -2.10. The van der Waals surface area contributed by atoms with Crippen LogP contribution < -0.4 is 4.74 Å². The van der Waals surface area contributed by atoms with Crippen molar-refractivity contribution >= 4 is 17.1 Å². The van der Waals surface area contributed by atoms with Crippen LogP contribution >= 0.6 is 11.3 Å². The predicted octanol–water partition coefficient (Wildman–Crippen LogP) is 4.19. The molecule has 2 rings (SSSR count). The Bertz CT molecular complexity index is 671. The number of ether oxygens (including phenoxy) is 1. The molecule has 4 nitrogen and oxygen atoms in total. The first kappa shape index (κ1) is 16.2. The molecular formula is C17H18N2O2S. The van der Waals surface area contributed by atoms with E-state index in [0.29, 0.717) is 11.4 Å². The Morgan fingerprint density at radius 3 is 2.73 bits per heavy atom. The molecule has 114 valence electrons. The maximum absolute atomic E-state index is 12.1. The molecule has 0 bridgehead atoms. The zero-order valence-electron chi connectivity index (χ0n) is 12.7. The van der Waals surface area contributed by atoms with Crippen molar-refractivity contribution in [2.75, 3.05) is 7.11 Å². The minimum Gasteiger partial charge on any atom is -0.497 e. The molecule has 1 aromatic heterocycles. The summed E-state index contributed by atoms with van der Waals surface area (Å²) >= 11 is 1.36. The second kappa shape index (κ2) is 7.71. The summed E-state index contributed by atoms with van der Waals surface area (Å²) in [4.78, 5) is 16.6. The minimum absolute atomic E-state index is 0.0417. The number of hydrogen-bond acceptors (Lipinski definition) is 5. The number of unbranched alkanes of at least 4 members (excludes halogenated alkanes) is 1. The first-order valence-electron chi connectivity index (χ1n) is 7.21. The average Bonchev–Trinajstić information content (AvgIpc) is 3.03. The number of hydrogen-bond donors (Lipinski definition) is 0. The van der Waals surface area contributed by atoms with Gasteiger partial charge in [0.1, 0.15) is 10.8 Å². The van der Waals surface area contributed by atoms with Gasteiger partial charge in [-0.1, -0.05) is 13.3 Å². The Morgan fingerprint density at radius 1 is 1.41 bits per heavy atom. The monoisotopic (exact) mass is 314 g/mol. The SMILES string of the molecule is CCCCC(=O)C(C#N)c1nc(-c2ccc(OC)cc2)cs1. The van der Waals surface area contributed by atoms with Crippen molar-refractivity contribution in [3.05, 3.63) is 34.7 Å². The summed E-state index contributed by atoms with van der Waals surface area (Å²) in [5, 5.41) is 11.7. The van der Waals surface area contributed by atoms with E-state index in [1.165, 1.54) is 11.3 Å². The van der Waals surface area contributed by atoms with Gasteiger partial charge in [-0.05, 0) is 30.7 Å². The van der Waals surface area contributed by atoms with Gasteiger partial charge in [-0.2, -0.15) is 5.26 Å². The molecule has 1 atom stereocenters. The summed E-state index contributed by atoms with van der Waals surface area (Å²) in [6, 6.07) is 9.64. The van der Waals surface area contributed by atoms with Crippen LogP contribution in [0.25, 0.3) is 11.3 Å². The van der Waals surface area contributed by atoms with E-state index >= 15 is 0 Å². The van der Waals surface area contributed by atoms with Gasteiger partial charge in [0.05, 0.1) is 18.9 Å². The summed E-state index contributed by atoms with van der Waals surface area (Å²) in [6.07, 6.45) is 2.19. The quantitative estimate of drug-likeness (QED) is 0.769. The molecule has 0 spiro atoms. The van der Waals surface area contributed by atoms with Gasteiger partial charge in [0.15, 0.2) is 11.7 Å². The van der Waals surface area contributed by atoms with E-state index in [9.17, 15) is 10.1 Å². The molecule has 0 radical (unpaired) electrons. The van der Waals surface area contributed by atoms with Crippen LogP contribution in [0.1, 0.15) is 37.1 Å². The van der Waals surface area contributed by atoms with Crippen LogP contribution in [0.5, 0.6) is 5.75 Å². The molecule has 0 saturated carbocycles. The van der Waals surface area contributed by atoms with Crippen molar-refractivity contribution in [3.8, 4) is 23.1 Å². The Morgan fingerprint density at radius 2 is 2.14 bits per heavy atom. The molecule has 1 heterocycles. The van der Waals surface area contributed by atoms with Crippen molar-refractivity contribution < 1.29 is 9.53 Å². The van der Waals surface area contributed by atoms with Crippen LogP contribution in [0.4, 0.5) is 0 Å². The number of carbonyl (C=O) groups excluding carboxylic acids is 1. The standard InChI is InChI=1S/C17H18N2O2S/c1-3-4-5-16(20)14(10-18)17-19-15(11-22-17)12-6-8-13(21-2)9-7-12/h6-9,11,14H,3-5H2,1-2H3. The van der Waals surface area contributed by atoms with E-state index < -0.39 is 5.92 Å². The highest BCUT2D eigenvalue weighted by Crippen LogP contribution is 2.28. The first-order chi connectivity index (χ1) is 10.7. The van der Waals surface area contributed by atoms with Crippen molar-refractivity contribution in [3.63, 3.8) is 0 Å². The van der Waals surface area contributed by atoms with E-state index in [1.807, 2.05) is 36.6 Å². The number of Topliss-reactive ketones (excluding diaryl/α,β-unsaturated/α-hetero) is 1. The Labute approximate surface area is 134 Å². The van der Waals surface area contributed by atoms with E-state index in [2.05, 4.69) is 11.1 Å². The summed E-state index contributed by atoms with van der Waals surface area (Å²) in [7, 11) is 1.62. The maximum atomic E-state index is 12.1. The molecule has 0 aliphatic heterocycles. The number of nitrogens with zero attached hydrogens (tertiary/aromatic N) is 2. The molecule has 0 amide bonds. The van der Waals surface area contributed by atoms with E-state index in [0.717, 1.165) is 29.8 Å². The lowest BCUT2D eigenvalue weighted by atomic mass is 10.0. The van der Waals surface area contributed by atoms with Crippen LogP contribution in [0, 0.1) is 11.3 Å². The van der Waals surface area contributed by atoms with Gasteiger partial charge in [0.25, 0.3) is 0 Å². The molecule has 0 aliphatic rings. The number of thiazole rings is 1. The molecule has 22 heavy (non-hydrogen) atoms. The van der Waals surface area contributed by atoms with Crippen molar-refractivity contribution in [2.45, 2.75) is 32.1 Å². The average molecular weight is 314 g/mol. The molecule has 0 fully saturated rings. The number of rotatable bonds is 7. The summed E-state index contributed by atoms with van der Waals surface area (Å²) in [6.45, 7) is 2.03. The number of nitriles is 1. The third-order valence-electron chi connectivity index (χ3n) is 3.38. The topological polar surface area (TPSA) is 63.0 Å². The molecule has 1 aromatic carbocycles. The second-order valence-electron chi connectivity index (χ2n) is 4.93. The highest BCUT2D eigenvalue weighted by atomic mass is 32.1. The van der Waals surface area contributed by atoms with Crippen LogP contribution in [0.2, 0.25) is 0 Å². The normalized spacial score (nSPS) is 11.7. The molecule has 1 unspecified atom stereocenters. The van der Waals surface area contributed by atoms with Gasteiger partial charge in [-0.15, -0.1) is 11.3 Å². The smallest absolute Gasteiger partial charge is 0.156 e. The van der Waals surface area contributed by atoms with Crippen LogP contribution in [-0.2, 0) is 4.79 Å². The molecule has 0 N–H and O–H groups in total. The molecular weight excluding hydrogens is 296 g/mol. The lowest BCUT2D eigenvalue weighted by Gasteiger charge is -2.04. The Kier molecular flexibility index (Phi) is 5.68. The van der Waals surface area contributed by atoms with E-state index in [-0.39, 0.29) is 5.78 Å². The molecule has 2 aromatic rings. The van der Waals surface area contributed by atoms with Crippen LogP contribution in [-0.4, -0.2) is 17.9 Å². The fraction of sp³-hybridized carbons (Fsp3) is 0.353. The third kappa shape index (κ3) is 3.71. The Balaban J connectivity index is 2.18. The maximum Gasteiger partial charge on any atom is 0.156 e. The van der Waals surface area contributed by atoms with Gasteiger partial charge in [-0.25, -0.2) is 4.98 Å². The lowest BCUT2D eigenvalue weighted by molar-refractivity contribution is -0.119. The minimum atomic E-state index is -0.747. The predicted molar refractivity (Wildman–Crippen MR) is 87.0 cm³/mol. The zero-order chi connectivity index (χ0) is 15.9. The molecule has 0 aliphatic carbocycles. The molecule has 5 heteroatoms. The highest BCUT2D eigenvalue weighted by Gasteiger charge is 2.23. The number of carbonyl (C=O) groups is 1. The second-order valence-corrected chi connectivity index (χ2v) is 5.82. The first-order valence-corrected chi connectivity index (χ1v) is 8.09. The van der Waals surface area contributed by atoms with Gasteiger partial charge in [-0.3, -0.25) is 4.79 Å². The summed E-state index contributed by atoms with van der Waals surface area (Å²) in [5.74, 6) is -0.00706. The summed E-state index contributed by atoms with van der Waals surface area (Å²) < 4.78 is 5.13. The number of benzene rings is 1. The van der Waals surface area contributed by atoms with Gasteiger partial charge >= 0.3 is 0 Å². The highest BCUT2D eigenvalue weighted by molar-refractivity contribution is 7.10. The number of methoxy groups -OCH3 is 1. The van der Waals surface area contributed by atoms with Crippen LogP contribution in [0.15, 0.2) is 29.6 Å². The number of ketones is 1. The Hall–Kier alpha value is -2.19. The fourth-order valence-electron chi connectivity index (χ4n) is 2.07. The fourth-order valence-corrected chi connectivity index (χ4v) is 2.97. The van der Waals surface area contributed by atoms with E-state index in [1.54, 1.807) is 7.11 Å². The summed E-state index contributed by atoms with van der Waals surface area (Å²) in [5.41, 5.74) is 1.73. The zero-order valence-corrected chi connectivity index (χ0v) is 13.5. The van der Waals surface area contributed by atoms with Crippen LogP contribution in [0.3, 0.4) is 0 Å². The van der Waals surface area contributed by atoms with Gasteiger partial charge < -0.3 is 4.74 Å². The largest absolute Gasteiger partial charge is 0.497 e. The van der Waals surface area contributed by atoms with Gasteiger partial charge in [0.2, 0.25) is 0 Å². The molecule has 0 saturated heterocycles. The van der Waals surface area contributed by atoms with Gasteiger partial charge in [0, 0.05) is 17.4 Å². The van der Waals surface area contributed by atoms with E-state index in [4.69, 9.17) is 4.74 Å². The van der Waals surface area contributed by atoms with Crippen molar-refractivity contribution in [2.24, 2.45) is 0 Å².